The first kappa shape index (κ1) is 10.4. The van der Waals surface area contributed by atoms with Gasteiger partial charge in [-0.25, -0.2) is 0 Å². The van der Waals surface area contributed by atoms with E-state index < -0.39 is 0 Å². The summed E-state index contributed by atoms with van der Waals surface area (Å²) in [5, 5.41) is 9.75. The van der Waals surface area contributed by atoms with Gasteiger partial charge in [0.1, 0.15) is 11.0 Å². The van der Waals surface area contributed by atoms with E-state index in [4.69, 9.17) is 11.6 Å². The van der Waals surface area contributed by atoms with Crippen LogP contribution in [-0.4, -0.2) is 25.6 Å². The van der Waals surface area contributed by atoms with Gasteiger partial charge in [-0.05, 0) is 30.7 Å². The summed E-state index contributed by atoms with van der Waals surface area (Å²) in [6.45, 7) is 0. The molecule has 0 N–H and O–H groups in total. The van der Waals surface area contributed by atoms with Gasteiger partial charge in [0, 0.05) is 11.7 Å². The smallest absolute Gasteiger partial charge is 0.161 e. The molecule has 5 heteroatoms. The van der Waals surface area contributed by atoms with Crippen molar-refractivity contribution in [1.29, 1.82) is 0 Å². The molecular weight excluding hydrogens is 242 g/mol. The van der Waals surface area contributed by atoms with E-state index in [-0.39, 0.29) is 0 Å². The molecule has 1 fully saturated rings. The number of aromatic nitrogens is 3. The van der Waals surface area contributed by atoms with Crippen molar-refractivity contribution >= 4 is 29.0 Å². The minimum absolute atomic E-state index is 0.684. The lowest BCUT2D eigenvalue weighted by Gasteiger charge is -2.07. The highest BCUT2D eigenvalue weighted by Crippen LogP contribution is 2.29. The molecular formula is C11H12ClN3S. The van der Waals surface area contributed by atoms with Crippen LogP contribution in [0.15, 0.2) is 18.2 Å². The SMILES string of the molecule is Clc1cccc2nnc(CC3CCCS3)n12. The molecule has 0 aliphatic carbocycles. The van der Waals surface area contributed by atoms with Gasteiger partial charge in [0.2, 0.25) is 0 Å². The summed E-state index contributed by atoms with van der Waals surface area (Å²) in [6.07, 6.45) is 3.57. The third-order valence-electron chi connectivity index (χ3n) is 2.88. The molecule has 3 nitrogen and oxygen atoms in total. The van der Waals surface area contributed by atoms with Crippen molar-refractivity contribution in [2.75, 3.05) is 5.75 Å². The van der Waals surface area contributed by atoms with Gasteiger partial charge in [0.05, 0.1) is 0 Å². The van der Waals surface area contributed by atoms with E-state index >= 15 is 0 Å². The number of fused-ring (bicyclic) bond motifs is 1. The zero-order valence-electron chi connectivity index (χ0n) is 8.77. The normalized spacial score (nSPS) is 20.7. The highest BCUT2D eigenvalue weighted by atomic mass is 35.5. The fourth-order valence-electron chi connectivity index (χ4n) is 2.10. The average Bonchev–Trinajstić information content (AvgIpc) is 2.90. The third-order valence-corrected chi connectivity index (χ3v) is 4.58. The lowest BCUT2D eigenvalue weighted by atomic mass is 10.2. The van der Waals surface area contributed by atoms with Crippen LogP contribution in [0.25, 0.3) is 5.65 Å². The molecule has 0 spiro atoms. The number of hydrogen-bond acceptors (Lipinski definition) is 3. The molecule has 0 bridgehead atoms. The van der Waals surface area contributed by atoms with Gasteiger partial charge in [-0.3, -0.25) is 4.40 Å². The number of hydrogen-bond donors (Lipinski definition) is 0. The maximum atomic E-state index is 6.17. The van der Waals surface area contributed by atoms with Gasteiger partial charge in [0.25, 0.3) is 0 Å². The average molecular weight is 254 g/mol. The fourth-order valence-corrected chi connectivity index (χ4v) is 3.62. The number of rotatable bonds is 2. The van der Waals surface area contributed by atoms with Crippen molar-refractivity contribution < 1.29 is 0 Å². The van der Waals surface area contributed by atoms with Gasteiger partial charge in [-0.2, -0.15) is 11.8 Å². The van der Waals surface area contributed by atoms with Crippen molar-refractivity contribution in [2.24, 2.45) is 0 Å². The number of nitrogens with zero attached hydrogens (tertiary/aromatic N) is 3. The molecule has 1 saturated heterocycles. The first-order chi connectivity index (χ1) is 7.84. The maximum absolute atomic E-state index is 6.17. The Labute approximate surface area is 103 Å². The van der Waals surface area contributed by atoms with Gasteiger partial charge in [-0.1, -0.05) is 17.7 Å². The van der Waals surface area contributed by atoms with Crippen molar-refractivity contribution in [1.82, 2.24) is 14.6 Å². The van der Waals surface area contributed by atoms with Crippen LogP contribution in [0, 0.1) is 0 Å². The largest absolute Gasteiger partial charge is 0.269 e. The van der Waals surface area contributed by atoms with E-state index in [9.17, 15) is 0 Å². The van der Waals surface area contributed by atoms with E-state index in [0.717, 1.165) is 17.9 Å². The molecule has 2 aromatic heterocycles. The van der Waals surface area contributed by atoms with Crippen LogP contribution in [0.4, 0.5) is 0 Å². The van der Waals surface area contributed by atoms with Crippen molar-refractivity contribution in [3.05, 3.63) is 29.2 Å². The van der Waals surface area contributed by atoms with Crippen LogP contribution < -0.4 is 0 Å². The van der Waals surface area contributed by atoms with E-state index in [2.05, 4.69) is 10.2 Å². The lowest BCUT2D eigenvalue weighted by molar-refractivity contribution is 0.738. The molecule has 3 rings (SSSR count). The minimum atomic E-state index is 0.684. The Hall–Kier alpha value is -0.740. The molecule has 1 aliphatic rings. The Bertz CT molecular complexity index is 505. The quantitative estimate of drug-likeness (QED) is 0.771. The molecule has 0 radical (unpaired) electrons. The molecule has 0 aromatic carbocycles. The highest BCUT2D eigenvalue weighted by molar-refractivity contribution is 8.00. The zero-order valence-corrected chi connectivity index (χ0v) is 10.3. The van der Waals surface area contributed by atoms with Crippen molar-refractivity contribution in [3.63, 3.8) is 0 Å². The second-order valence-electron chi connectivity index (χ2n) is 4.00. The van der Waals surface area contributed by atoms with E-state index in [1.165, 1.54) is 18.6 Å². The summed E-state index contributed by atoms with van der Waals surface area (Å²) >= 11 is 8.20. The van der Waals surface area contributed by atoms with E-state index in [0.29, 0.717) is 10.4 Å². The van der Waals surface area contributed by atoms with Crippen molar-refractivity contribution in [3.8, 4) is 0 Å². The molecule has 16 heavy (non-hydrogen) atoms. The predicted molar refractivity (Wildman–Crippen MR) is 67.2 cm³/mol. The number of halogens is 1. The Morgan fingerprint density at radius 3 is 3.19 bits per heavy atom. The third kappa shape index (κ3) is 1.80. The first-order valence-electron chi connectivity index (χ1n) is 5.45. The van der Waals surface area contributed by atoms with Crippen molar-refractivity contribution in [2.45, 2.75) is 24.5 Å². The summed E-state index contributed by atoms with van der Waals surface area (Å²) in [5.74, 6) is 2.26. The molecule has 1 aliphatic heterocycles. The van der Waals surface area contributed by atoms with Crippen LogP contribution in [0.1, 0.15) is 18.7 Å². The lowest BCUT2D eigenvalue weighted by Crippen LogP contribution is -2.06. The summed E-state index contributed by atoms with van der Waals surface area (Å²) in [7, 11) is 0. The molecule has 1 unspecified atom stereocenters. The Morgan fingerprint density at radius 1 is 1.44 bits per heavy atom. The minimum Gasteiger partial charge on any atom is -0.269 e. The van der Waals surface area contributed by atoms with Gasteiger partial charge in [0.15, 0.2) is 5.65 Å². The van der Waals surface area contributed by atoms with Crippen LogP contribution >= 0.6 is 23.4 Å². The fraction of sp³-hybridized carbons (Fsp3) is 0.455. The second-order valence-corrected chi connectivity index (χ2v) is 5.79. The van der Waals surface area contributed by atoms with Crippen LogP contribution in [0.3, 0.4) is 0 Å². The second kappa shape index (κ2) is 4.26. The standard InChI is InChI=1S/C11H12ClN3S/c12-9-4-1-5-10-13-14-11(15(9)10)7-8-3-2-6-16-8/h1,4-5,8H,2-3,6-7H2. The first-order valence-corrected chi connectivity index (χ1v) is 6.87. The Balaban J connectivity index is 1.97. The summed E-state index contributed by atoms with van der Waals surface area (Å²) in [4.78, 5) is 0. The maximum Gasteiger partial charge on any atom is 0.161 e. The Kier molecular flexibility index (Phi) is 2.77. The summed E-state index contributed by atoms with van der Waals surface area (Å²) in [5.41, 5.74) is 0.838. The molecule has 1 atom stereocenters. The Morgan fingerprint density at radius 2 is 2.38 bits per heavy atom. The summed E-state index contributed by atoms with van der Waals surface area (Å²) < 4.78 is 1.94. The monoisotopic (exact) mass is 253 g/mol. The number of thioether (sulfide) groups is 1. The summed E-state index contributed by atoms with van der Waals surface area (Å²) in [6, 6.07) is 5.72. The van der Waals surface area contributed by atoms with Crippen LogP contribution in [0.2, 0.25) is 5.15 Å². The van der Waals surface area contributed by atoms with Gasteiger partial charge >= 0.3 is 0 Å². The topological polar surface area (TPSA) is 30.2 Å². The van der Waals surface area contributed by atoms with E-state index in [1.54, 1.807) is 0 Å². The highest BCUT2D eigenvalue weighted by Gasteiger charge is 2.19. The van der Waals surface area contributed by atoms with E-state index in [1.807, 2.05) is 34.4 Å². The predicted octanol–water partition coefficient (Wildman–Crippen LogP) is 2.82. The van der Waals surface area contributed by atoms with Gasteiger partial charge in [-0.15, -0.1) is 10.2 Å². The number of pyridine rings is 1. The molecule has 3 heterocycles. The van der Waals surface area contributed by atoms with Gasteiger partial charge < -0.3 is 0 Å². The molecule has 2 aromatic rings. The van der Waals surface area contributed by atoms with Crippen LogP contribution in [-0.2, 0) is 6.42 Å². The van der Waals surface area contributed by atoms with Crippen LogP contribution in [0.5, 0.6) is 0 Å². The molecule has 0 saturated carbocycles. The molecule has 0 amide bonds. The molecule has 84 valence electrons. The zero-order chi connectivity index (χ0) is 11.0.